The largest absolute Gasteiger partial charge is 0.484 e. The number of fused-ring (bicyclic) bond motifs is 1. The minimum Gasteiger partial charge on any atom is -0.484 e. The van der Waals surface area contributed by atoms with Crippen molar-refractivity contribution in [3.05, 3.63) is 23.8 Å². The molecule has 1 aliphatic heterocycles. The topological polar surface area (TPSA) is 79.5 Å². The van der Waals surface area contributed by atoms with Gasteiger partial charge in [0.15, 0.2) is 5.78 Å². The Morgan fingerprint density at radius 2 is 2.09 bits per heavy atom. The minimum atomic E-state index is -0.242. The van der Waals surface area contributed by atoms with Crippen molar-refractivity contribution < 1.29 is 14.3 Å². The predicted octanol–water partition coefficient (Wildman–Crippen LogP) is 1.57. The van der Waals surface area contributed by atoms with E-state index >= 15 is 0 Å². The molecule has 0 aliphatic carbocycles. The van der Waals surface area contributed by atoms with Gasteiger partial charge < -0.3 is 20.7 Å². The van der Waals surface area contributed by atoms with Crippen molar-refractivity contribution in [3.63, 3.8) is 0 Å². The zero-order valence-electron chi connectivity index (χ0n) is 14.0. The molecule has 0 saturated carbocycles. The summed E-state index contributed by atoms with van der Waals surface area (Å²) in [6, 6.07) is 5.47. The molecule has 0 aromatic heterocycles. The summed E-state index contributed by atoms with van der Waals surface area (Å²) in [4.78, 5) is 22.9. The highest BCUT2D eigenvalue weighted by Crippen LogP contribution is 2.33. The van der Waals surface area contributed by atoms with Gasteiger partial charge in [0, 0.05) is 19.0 Å². The van der Waals surface area contributed by atoms with Crippen LogP contribution in [0.15, 0.2) is 18.2 Å². The van der Waals surface area contributed by atoms with Gasteiger partial charge in [-0.25, -0.2) is 0 Å². The van der Waals surface area contributed by atoms with Crippen molar-refractivity contribution in [2.45, 2.75) is 32.8 Å². The number of hydrogen-bond acceptors (Lipinski definition) is 5. The second-order valence-electron chi connectivity index (χ2n) is 6.36. The molecule has 1 aromatic rings. The van der Waals surface area contributed by atoms with Gasteiger partial charge in [-0.15, -0.1) is 0 Å². The van der Waals surface area contributed by atoms with E-state index in [1.165, 1.54) is 6.92 Å². The lowest BCUT2D eigenvalue weighted by Crippen LogP contribution is -2.40. The Kier molecular flexibility index (Phi) is 5.60. The number of benzene rings is 1. The van der Waals surface area contributed by atoms with E-state index in [1.54, 1.807) is 6.07 Å². The number of hydrogen-bond donors (Lipinski definition) is 3. The van der Waals surface area contributed by atoms with E-state index in [0.29, 0.717) is 25.2 Å². The lowest BCUT2D eigenvalue weighted by molar-refractivity contribution is -0.118. The third kappa shape index (κ3) is 5.25. The summed E-state index contributed by atoms with van der Waals surface area (Å²) >= 11 is 0. The summed E-state index contributed by atoms with van der Waals surface area (Å²) in [6.45, 7) is 7.83. The monoisotopic (exact) mass is 319 g/mol. The third-order valence-electron chi connectivity index (χ3n) is 3.58. The zero-order chi connectivity index (χ0) is 16.9. The molecule has 1 aromatic carbocycles. The Labute approximate surface area is 137 Å². The van der Waals surface area contributed by atoms with Gasteiger partial charge in [0.25, 0.3) is 0 Å². The van der Waals surface area contributed by atoms with Gasteiger partial charge in [-0.3, -0.25) is 9.59 Å². The van der Waals surface area contributed by atoms with Gasteiger partial charge in [-0.05, 0) is 45.0 Å². The number of carbonyl (C=O) groups is 2. The molecule has 23 heavy (non-hydrogen) atoms. The standard InChI is InChI=1S/C17H25N3O3/c1-12(21)19-8-4-7-18-10-15(22)13-5-6-16-14(9-13)20-11-17(2,3)23-16/h5-6,9,18,20H,4,7-8,10-11H2,1-3H3,(H,19,21). The van der Waals surface area contributed by atoms with E-state index in [4.69, 9.17) is 4.74 Å². The van der Waals surface area contributed by atoms with Crippen molar-refractivity contribution in [1.29, 1.82) is 0 Å². The van der Waals surface area contributed by atoms with E-state index < -0.39 is 0 Å². The summed E-state index contributed by atoms with van der Waals surface area (Å²) in [5.41, 5.74) is 1.28. The molecular weight excluding hydrogens is 294 g/mol. The van der Waals surface area contributed by atoms with Crippen LogP contribution in [0.25, 0.3) is 0 Å². The molecule has 1 aliphatic rings. The number of ether oxygens (including phenoxy) is 1. The second-order valence-corrected chi connectivity index (χ2v) is 6.36. The number of anilines is 1. The maximum atomic E-state index is 12.2. The van der Waals surface area contributed by atoms with Crippen LogP contribution in [0.4, 0.5) is 5.69 Å². The zero-order valence-corrected chi connectivity index (χ0v) is 14.0. The van der Waals surface area contributed by atoms with Crippen LogP contribution in [0.5, 0.6) is 5.75 Å². The highest BCUT2D eigenvalue weighted by molar-refractivity contribution is 5.98. The molecule has 0 atom stereocenters. The summed E-state index contributed by atoms with van der Waals surface area (Å²) in [5, 5.41) is 9.12. The van der Waals surface area contributed by atoms with Crippen LogP contribution in [0.2, 0.25) is 0 Å². The SMILES string of the molecule is CC(=O)NCCCNCC(=O)c1ccc2c(c1)NCC(C)(C)O2. The maximum absolute atomic E-state index is 12.2. The van der Waals surface area contributed by atoms with Crippen LogP contribution < -0.4 is 20.7 Å². The molecule has 3 N–H and O–H groups in total. The maximum Gasteiger partial charge on any atom is 0.216 e. The number of carbonyl (C=O) groups excluding carboxylic acids is 2. The van der Waals surface area contributed by atoms with E-state index in [9.17, 15) is 9.59 Å². The van der Waals surface area contributed by atoms with Crippen LogP contribution in [0.3, 0.4) is 0 Å². The number of nitrogens with one attached hydrogen (secondary N) is 3. The van der Waals surface area contributed by atoms with Crippen molar-refractivity contribution in [2.75, 3.05) is 31.5 Å². The van der Waals surface area contributed by atoms with Crippen LogP contribution in [0, 0.1) is 0 Å². The lowest BCUT2D eigenvalue weighted by Gasteiger charge is -2.33. The Balaban J connectivity index is 1.81. The third-order valence-corrected chi connectivity index (χ3v) is 3.58. The molecule has 0 unspecified atom stereocenters. The van der Waals surface area contributed by atoms with Gasteiger partial charge in [0.1, 0.15) is 11.4 Å². The molecule has 0 spiro atoms. The van der Waals surface area contributed by atoms with Crippen molar-refractivity contribution >= 4 is 17.4 Å². The van der Waals surface area contributed by atoms with Gasteiger partial charge >= 0.3 is 0 Å². The van der Waals surface area contributed by atoms with Crippen molar-refractivity contribution in [2.24, 2.45) is 0 Å². The number of rotatable bonds is 7. The molecule has 0 fully saturated rings. The Hall–Kier alpha value is -2.08. The Morgan fingerprint density at radius 1 is 1.30 bits per heavy atom. The minimum absolute atomic E-state index is 0.0342. The first-order valence-corrected chi connectivity index (χ1v) is 7.93. The van der Waals surface area contributed by atoms with Crippen LogP contribution in [0.1, 0.15) is 37.6 Å². The van der Waals surface area contributed by atoms with E-state index in [1.807, 2.05) is 26.0 Å². The molecule has 126 valence electrons. The number of amides is 1. The van der Waals surface area contributed by atoms with Crippen molar-refractivity contribution in [3.8, 4) is 5.75 Å². The van der Waals surface area contributed by atoms with Gasteiger partial charge in [-0.2, -0.15) is 0 Å². The average Bonchev–Trinajstić information content (AvgIpc) is 2.49. The lowest BCUT2D eigenvalue weighted by atomic mass is 10.0. The molecule has 6 heteroatoms. The number of ketones is 1. The van der Waals surface area contributed by atoms with Crippen molar-refractivity contribution in [1.82, 2.24) is 10.6 Å². The van der Waals surface area contributed by atoms with E-state index in [2.05, 4.69) is 16.0 Å². The molecule has 1 amide bonds. The first-order chi connectivity index (χ1) is 10.9. The van der Waals surface area contributed by atoms with Crippen LogP contribution in [-0.4, -0.2) is 43.5 Å². The fourth-order valence-corrected chi connectivity index (χ4v) is 2.35. The highest BCUT2D eigenvalue weighted by atomic mass is 16.5. The van der Waals surface area contributed by atoms with E-state index in [-0.39, 0.29) is 23.8 Å². The molecule has 0 radical (unpaired) electrons. The number of Topliss-reactive ketones (excluding diaryl/α,β-unsaturated/α-hetero) is 1. The molecule has 1 heterocycles. The second kappa shape index (κ2) is 7.46. The van der Waals surface area contributed by atoms with Gasteiger partial charge in [-0.1, -0.05) is 0 Å². The Morgan fingerprint density at radius 3 is 2.83 bits per heavy atom. The predicted molar refractivity (Wildman–Crippen MR) is 90.1 cm³/mol. The van der Waals surface area contributed by atoms with Gasteiger partial charge in [0.05, 0.1) is 18.8 Å². The average molecular weight is 319 g/mol. The summed E-state index contributed by atoms with van der Waals surface area (Å²) < 4.78 is 5.87. The quantitative estimate of drug-likeness (QED) is 0.525. The van der Waals surface area contributed by atoms with Crippen LogP contribution >= 0.6 is 0 Å². The normalized spacial score (nSPS) is 15.1. The molecule has 0 bridgehead atoms. The van der Waals surface area contributed by atoms with Crippen LogP contribution in [-0.2, 0) is 4.79 Å². The highest BCUT2D eigenvalue weighted by Gasteiger charge is 2.26. The first kappa shape index (κ1) is 17.3. The van der Waals surface area contributed by atoms with E-state index in [0.717, 1.165) is 17.9 Å². The summed E-state index contributed by atoms with van der Waals surface area (Å²) in [6.07, 6.45) is 0.793. The molecule has 2 rings (SSSR count). The Bertz CT molecular complexity index is 584. The smallest absolute Gasteiger partial charge is 0.216 e. The first-order valence-electron chi connectivity index (χ1n) is 7.93. The summed E-state index contributed by atoms with van der Waals surface area (Å²) in [5.74, 6) is 0.785. The molecular formula is C17H25N3O3. The molecule has 6 nitrogen and oxygen atoms in total. The summed E-state index contributed by atoms with van der Waals surface area (Å²) in [7, 11) is 0. The fraction of sp³-hybridized carbons (Fsp3) is 0.529. The van der Waals surface area contributed by atoms with Gasteiger partial charge in [0.2, 0.25) is 5.91 Å². The molecule has 0 saturated heterocycles. The fourth-order valence-electron chi connectivity index (χ4n) is 2.35.